The fourth-order valence-corrected chi connectivity index (χ4v) is 6.40. The molecule has 3 N–H and O–H groups in total. The average Bonchev–Trinajstić information content (AvgIpc) is 3.69. The highest BCUT2D eigenvalue weighted by Crippen LogP contribution is 2.34. The number of nitrogens with one attached hydrogen (secondary N) is 2. The summed E-state index contributed by atoms with van der Waals surface area (Å²) in [6.07, 6.45) is 2.96. The van der Waals surface area contributed by atoms with Crippen molar-refractivity contribution in [1.29, 1.82) is 0 Å². The van der Waals surface area contributed by atoms with Crippen LogP contribution in [-0.4, -0.2) is 58.1 Å². The van der Waals surface area contributed by atoms with Gasteiger partial charge in [-0.15, -0.1) is 11.3 Å². The van der Waals surface area contributed by atoms with Gasteiger partial charge in [0.2, 0.25) is 0 Å². The molecular formula is C29H33FN4O3S. The molecule has 4 atom stereocenters. The molecule has 38 heavy (non-hydrogen) atoms. The minimum atomic E-state index is -0.846. The van der Waals surface area contributed by atoms with Crippen molar-refractivity contribution in [1.82, 2.24) is 20.5 Å². The second-order valence-corrected chi connectivity index (χ2v) is 11.1. The topological polar surface area (TPSA) is 94.6 Å². The third-order valence-electron chi connectivity index (χ3n) is 7.39. The number of aliphatic hydroxyl groups is 1. The minimum Gasteiger partial charge on any atom is -0.389 e. The first-order chi connectivity index (χ1) is 18.4. The molecule has 2 fully saturated rings. The van der Waals surface area contributed by atoms with E-state index in [1.165, 1.54) is 12.1 Å². The lowest BCUT2D eigenvalue weighted by Crippen LogP contribution is -2.52. The summed E-state index contributed by atoms with van der Waals surface area (Å²) in [5, 5.41) is 20.3. The molecule has 1 aromatic heterocycles. The van der Waals surface area contributed by atoms with Gasteiger partial charge < -0.3 is 20.6 Å². The van der Waals surface area contributed by atoms with Gasteiger partial charge in [0, 0.05) is 34.8 Å². The summed E-state index contributed by atoms with van der Waals surface area (Å²) in [5.74, 6) is -0.867. The Morgan fingerprint density at radius 1 is 1.18 bits per heavy atom. The summed E-state index contributed by atoms with van der Waals surface area (Å²) < 4.78 is 13.8. The molecule has 9 heteroatoms. The molecule has 0 spiro atoms. The monoisotopic (exact) mass is 536 g/mol. The van der Waals surface area contributed by atoms with E-state index in [9.17, 15) is 19.1 Å². The summed E-state index contributed by atoms with van der Waals surface area (Å²) in [7, 11) is 0. The van der Waals surface area contributed by atoms with Crippen LogP contribution in [0.15, 0.2) is 53.9 Å². The maximum absolute atomic E-state index is 13.8. The number of hydrogen-bond acceptors (Lipinski definition) is 6. The number of likely N-dealkylation sites (tertiary alicyclic amines) is 1. The molecule has 5 rings (SSSR count). The zero-order chi connectivity index (χ0) is 26.6. The van der Waals surface area contributed by atoms with Crippen LogP contribution in [0.25, 0.3) is 0 Å². The minimum absolute atomic E-state index is 0.0524. The van der Waals surface area contributed by atoms with Crippen LogP contribution < -0.4 is 10.6 Å². The molecule has 2 aliphatic rings. The third-order valence-corrected chi connectivity index (χ3v) is 8.46. The first-order valence-corrected chi connectivity index (χ1v) is 14.1. The van der Waals surface area contributed by atoms with Crippen LogP contribution in [0, 0.1) is 12.7 Å². The number of benzene rings is 2. The number of aromatic nitrogens is 1. The Bertz CT molecular complexity index is 1290. The maximum atomic E-state index is 13.8. The van der Waals surface area contributed by atoms with E-state index in [-0.39, 0.29) is 36.1 Å². The zero-order valence-electron chi connectivity index (χ0n) is 21.4. The van der Waals surface area contributed by atoms with E-state index in [1.807, 2.05) is 17.2 Å². The van der Waals surface area contributed by atoms with Gasteiger partial charge >= 0.3 is 0 Å². The molecular weight excluding hydrogens is 503 g/mol. The molecule has 2 amide bonds. The van der Waals surface area contributed by atoms with Crippen molar-refractivity contribution >= 4 is 23.2 Å². The van der Waals surface area contributed by atoms with Crippen molar-refractivity contribution in [2.45, 2.75) is 63.3 Å². The Kier molecular flexibility index (Phi) is 8.16. The van der Waals surface area contributed by atoms with Gasteiger partial charge in [0.1, 0.15) is 10.8 Å². The second-order valence-electron chi connectivity index (χ2n) is 10.2. The van der Waals surface area contributed by atoms with Gasteiger partial charge in [0.05, 0.1) is 18.2 Å². The van der Waals surface area contributed by atoms with Crippen LogP contribution in [0.1, 0.15) is 68.7 Å². The van der Waals surface area contributed by atoms with Gasteiger partial charge in [-0.2, -0.15) is 0 Å². The highest BCUT2D eigenvalue weighted by atomic mass is 32.1. The van der Waals surface area contributed by atoms with Crippen LogP contribution in [0.3, 0.4) is 0 Å². The van der Waals surface area contributed by atoms with E-state index in [0.717, 1.165) is 42.9 Å². The molecule has 0 aliphatic carbocycles. The lowest BCUT2D eigenvalue weighted by molar-refractivity contribution is 0.0733. The smallest absolute Gasteiger partial charge is 0.254 e. The molecule has 0 saturated carbocycles. The predicted molar refractivity (Wildman–Crippen MR) is 145 cm³/mol. The van der Waals surface area contributed by atoms with Crippen LogP contribution in [0.4, 0.5) is 4.39 Å². The Balaban J connectivity index is 1.33. The van der Waals surface area contributed by atoms with E-state index in [1.54, 1.807) is 47.7 Å². The number of amides is 2. The number of rotatable bonds is 8. The molecule has 0 bridgehead atoms. The zero-order valence-corrected chi connectivity index (χ0v) is 22.2. The highest BCUT2D eigenvalue weighted by Gasteiger charge is 2.34. The van der Waals surface area contributed by atoms with Crippen molar-refractivity contribution in [2.24, 2.45) is 0 Å². The van der Waals surface area contributed by atoms with E-state index in [4.69, 9.17) is 0 Å². The van der Waals surface area contributed by atoms with Gasteiger partial charge in [-0.25, -0.2) is 9.37 Å². The standard InChI is InChI=1S/C29H33FN4O3S/c1-18-17-38-28(32-18)25-11-5-13-34(25)29(37)21-8-3-7-20(16-21)27(36)33-24(26(35)23-10-4-12-31-23)15-19-6-2-9-22(30)14-19/h2-3,6-9,14,16-17,23-26,31,35H,4-5,10-13,15H2,1H3,(H,33,36)/t23-,24+,25-,26-/m1/s1. The number of halogens is 1. The lowest BCUT2D eigenvalue weighted by Gasteiger charge is -2.29. The van der Waals surface area contributed by atoms with Crippen molar-refractivity contribution in [3.63, 3.8) is 0 Å². The molecule has 3 aromatic rings. The molecule has 2 aliphatic heterocycles. The average molecular weight is 537 g/mol. The molecule has 3 heterocycles. The number of carbonyl (C=O) groups is 2. The van der Waals surface area contributed by atoms with Crippen LogP contribution in [-0.2, 0) is 6.42 Å². The SMILES string of the molecule is Cc1csc([C@H]2CCCN2C(=O)c2cccc(C(=O)N[C@@H](Cc3cccc(F)c3)[C@H](O)[C@H]3CCCN3)c2)n1. The van der Waals surface area contributed by atoms with E-state index in [2.05, 4.69) is 15.6 Å². The summed E-state index contributed by atoms with van der Waals surface area (Å²) in [6, 6.07) is 12.1. The van der Waals surface area contributed by atoms with Crippen molar-refractivity contribution < 1.29 is 19.1 Å². The quantitative estimate of drug-likeness (QED) is 0.404. The fourth-order valence-electron chi connectivity index (χ4n) is 5.46. The maximum Gasteiger partial charge on any atom is 0.254 e. The number of carbonyl (C=O) groups excluding carboxylic acids is 2. The third kappa shape index (κ3) is 5.95. The van der Waals surface area contributed by atoms with E-state index >= 15 is 0 Å². The lowest BCUT2D eigenvalue weighted by atomic mass is 9.95. The predicted octanol–water partition coefficient (Wildman–Crippen LogP) is 4.02. The fraction of sp³-hybridized carbons (Fsp3) is 0.414. The molecule has 2 saturated heterocycles. The van der Waals surface area contributed by atoms with E-state index < -0.39 is 12.1 Å². The second kappa shape index (κ2) is 11.7. The highest BCUT2D eigenvalue weighted by molar-refractivity contribution is 7.09. The van der Waals surface area contributed by atoms with Gasteiger partial charge in [0.15, 0.2) is 0 Å². The number of thiazole rings is 1. The first-order valence-electron chi connectivity index (χ1n) is 13.2. The normalized spacial score (nSPS) is 20.9. The number of nitrogens with zero attached hydrogens (tertiary/aromatic N) is 2. The number of aryl methyl sites for hydroxylation is 1. The van der Waals surface area contributed by atoms with Crippen LogP contribution in [0.5, 0.6) is 0 Å². The van der Waals surface area contributed by atoms with Gasteiger partial charge in [0.25, 0.3) is 11.8 Å². The summed E-state index contributed by atoms with van der Waals surface area (Å²) in [4.78, 5) is 33.3. The molecule has 0 radical (unpaired) electrons. The summed E-state index contributed by atoms with van der Waals surface area (Å²) >= 11 is 1.57. The summed E-state index contributed by atoms with van der Waals surface area (Å²) in [5.41, 5.74) is 2.42. The number of aliphatic hydroxyl groups excluding tert-OH is 1. The molecule has 7 nitrogen and oxygen atoms in total. The van der Waals surface area contributed by atoms with Crippen LogP contribution >= 0.6 is 11.3 Å². The van der Waals surface area contributed by atoms with Crippen molar-refractivity contribution in [3.8, 4) is 0 Å². The van der Waals surface area contributed by atoms with Crippen LogP contribution in [0.2, 0.25) is 0 Å². The Morgan fingerprint density at radius 3 is 2.74 bits per heavy atom. The summed E-state index contributed by atoms with van der Waals surface area (Å²) in [6.45, 7) is 3.41. The largest absolute Gasteiger partial charge is 0.389 e. The molecule has 2 aromatic carbocycles. The van der Waals surface area contributed by atoms with Gasteiger partial charge in [-0.05, 0) is 81.5 Å². The van der Waals surface area contributed by atoms with Gasteiger partial charge in [-0.1, -0.05) is 18.2 Å². The Hall–Kier alpha value is -3.14. The van der Waals surface area contributed by atoms with Crippen molar-refractivity contribution in [3.05, 3.63) is 87.1 Å². The van der Waals surface area contributed by atoms with Gasteiger partial charge in [-0.3, -0.25) is 9.59 Å². The Labute approximate surface area is 226 Å². The van der Waals surface area contributed by atoms with Crippen molar-refractivity contribution in [2.75, 3.05) is 13.1 Å². The van der Waals surface area contributed by atoms with E-state index in [0.29, 0.717) is 23.2 Å². The number of hydrogen-bond donors (Lipinski definition) is 3. The first kappa shape index (κ1) is 26.5. The molecule has 0 unspecified atom stereocenters. The Morgan fingerprint density at radius 2 is 2.00 bits per heavy atom. The molecule has 200 valence electrons.